The van der Waals surface area contributed by atoms with Crippen LogP contribution in [-0.4, -0.2) is 10.5 Å². The number of amides is 1. The van der Waals surface area contributed by atoms with Crippen molar-refractivity contribution in [3.8, 4) is 17.2 Å². The zero-order valence-electron chi connectivity index (χ0n) is 12.3. The normalized spacial score (nSPS) is 10.4. The average Bonchev–Trinajstić information content (AvgIpc) is 2.91. The van der Waals surface area contributed by atoms with E-state index in [4.69, 9.17) is 5.73 Å². The summed E-state index contributed by atoms with van der Waals surface area (Å²) in [6.45, 7) is 0. The van der Waals surface area contributed by atoms with E-state index in [-0.39, 0.29) is 0 Å². The SMILES string of the molecule is Cn1c(C(N)=O)cc2cc(C#N)cc(-c3ccc(N=O)cc3)c21. The molecule has 0 aliphatic heterocycles. The summed E-state index contributed by atoms with van der Waals surface area (Å²) in [6.07, 6.45) is 0. The molecule has 0 spiro atoms. The Labute approximate surface area is 131 Å². The lowest BCUT2D eigenvalue weighted by Gasteiger charge is -2.08. The Morgan fingerprint density at radius 1 is 1.22 bits per heavy atom. The van der Waals surface area contributed by atoms with Crippen LogP contribution in [-0.2, 0) is 7.05 Å². The van der Waals surface area contributed by atoms with Gasteiger partial charge in [0.15, 0.2) is 0 Å². The predicted molar refractivity (Wildman–Crippen MR) is 87.0 cm³/mol. The van der Waals surface area contributed by atoms with E-state index < -0.39 is 5.91 Å². The van der Waals surface area contributed by atoms with Crippen LogP contribution in [0.15, 0.2) is 47.6 Å². The third-order valence-corrected chi connectivity index (χ3v) is 3.79. The molecule has 0 saturated carbocycles. The first-order valence-electron chi connectivity index (χ1n) is 6.82. The molecule has 0 aliphatic rings. The number of benzene rings is 2. The maximum absolute atomic E-state index is 11.6. The van der Waals surface area contributed by atoms with Crippen molar-refractivity contribution < 1.29 is 4.79 Å². The Morgan fingerprint density at radius 2 is 1.91 bits per heavy atom. The van der Waals surface area contributed by atoms with Crippen molar-refractivity contribution in [1.82, 2.24) is 4.57 Å². The van der Waals surface area contributed by atoms with E-state index in [2.05, 4.69) is 11.2 Å². The van der Waals surface area contributed by atoms with Crippen molar-refractivity contribution in [2.45, 2.75) is 0 Å². The minimum Gasteiger partial charge on any atom is -0.364 e. The van der Waals surface area contributed by atoms with Crippen molar-refractivity contribution in [2.75, 3.05) is 0 Å². The van der Waals surface area contributed by atoms with Crippen LogP contribution in [0.3, 0.4) is 0 Å². The van der Waals surface area contributed by atoms with Crippen LogP contribution in [0.5, 0.6) is 0 Å². The number of nitrogens with zero attached hydrogens (tertiary/aromatic N) is 3. The Hall–Kier alpha value is -3.46. The summed E-state index contributed by atoms with van der Waals surface area (Å²) in [7, 11) is 1.75. The number of nitriles is 1. The van der Waals surface area contributed by atoms with Crippen LogP contribution in [0, 0.1) is 16.2 Å². The van der Waals surface area contributed by atoms with Gasteiger partial charge in [-0.05, 0) is 41.1 Å². The highest BCUT2D eigenvalue weighted by atomic mass is 16.3. The molecular weight excluding hydrogens is 292 g/mol. The molecule has 2 N–H and O–H groups in total. The van der Waals surface area contributed by atoms with Crippen molar-refractivity contribution in [2.24, 2.45) is 18.0 Å². The summed E-state index contributed by atoms with van der Waals surface area (Å²) in [5, 5.41) is 12.9. The standard InChI is InChI=1S/C17H12N4O2/c1-21-15(17(19)22)8-12-6-10(9-18)7-14(16(12)21)11-2-4-13(20-23)5-3-11/h2-8H,1H3,(H2,19,22). The smallest absolute Gasteiger partial charge is 0.265 e. The fourth-order valence-electron chi connectivity index (χ4n) is 2.73. The first-order chi connectivity index (χ1) is 11.0. The lowest BCUT2D eigenvalue weighted by atomic mass is 10.00. The molecule has 3 aromatic rings. The van der Waals surface area contributed by atoms with Gasteiger partial charge in [-0.2, -0.15) is 5.26 Å². The maximum atomic E-state index is 11.6. The summed E-state index contributed by atoms with van der Waals surface area (Å²) in [5.41, 5.74) is 8.97. The summed E-state index contributed by atoms with van der Waals surface area (Å²) in [6, 6.07) is 14.0. The van der Waals surface area contributed by atoms with Crippen molar-refractivity contribution >= 4 is 22.5 Å². The van der Waals surface area contributed by atoms with E-state index in [1.54, 1.807) is 54.1 Å². The number of rotatable bonds is 3. The van der Waals surface area contributed by atoms with Gasteiger partial charge in [0.05, 0.1) is 17.1 Å². The fraction of sp³-hybridized carbons (Fsp3) is 0.0588. The van der Waals surface area contributed by atoms with E-state index in [9.17, 15) is 15.0 Å². The van der Waals surface area contributed by atoms with Crippen LogP contribution in [0.2, 0.25) is 0 Å². The summed E-state index contributed by atoms with van der Waals surface area (Å²) in [5.74, 6) is -0.534. The van der Waals surface area contributed by atoms with Gasteiger partial charge in [-0.1, -0.05) is 12.1 Å². The minimum atomic E-state index is -0.534. The second-order valence-electron chi connectivity index (χ2n) is 5.16. The molecule has 0 bridgehead atoms. The first kappa shape index (κ1) is 14.5. The van der Waals surface area contributed by atoms with Crippen LogP contribution in [0.4, 0.5) is 5.69 Å². The summed E-state index contributed by atoms with van der Waals surface area (Å²) >= 11 is 0. The number of aryl methyl sites for hydroxylation is 1. The number of primary amides is 1. The van der Waals surface area contributed by atoms with Gasteiger partial charge in [-0.15, -0.1) is 4.91 Å². The van der Waals surface area contributed by atoms with Gasteiger partial charge in [0, 0.05) is 18.0 Å². The molecule has 2 aromatic carbocycles. The third-order valence-electron chi connectivity index (χ3n) is 3.79. The van der Waals surface area contributed by atoms with E-state index in [1.807, 2.05) is 0 Å². The highest BCUT2D eigenvalue weighted by Gasteiger charge is 2.15. The molecule has 6 heteroatoms. The quantitative estimate of drug-likeness (QED) is 0.751. The Morgan fingerprint density at radius 3 is 2.48 bits per heavy atom. The molecule has 0 aliphatic carbocycles. The molecule has 112 valence electrons. The number of carbonyl (C=O) groups excluding carboxylic acids is 1. The minimum absolute atomic E-state index is 0.325. The summed E-state index contributed by atoms with van der Waals surface area (Å²) in [4.78, 5) is 22.1. The second-order valence-corrected chi connectivity index (χ2v) is 5.16. The number of hydrogen-bond acceptors (Lipinski definition) is 4. The second kappa shape index (κ2) is 5.39. The maximum Gasteiger partial charge on any atom is 0.265 e. The van der Waals surface area contributed by atoms with Gasteiger partial charge >= 0.3 is 0 Å². The van der Waals surface area contributed by atoms with Crippen LogP contribution in [0.25, 0.3) is 22.0 Å². The van der Waals surface area contributed by atoms with Crippen molar-refractivity contribution in [3.63, 3.8) is 0 Å². The topological polar surface area (TPSA) is 101 Å². The van der Waals surface area contributed by atoms with Crippen LogP contribution >= 0.6 is 0 Å². The molecule has 0 unspecified atom stereocenters. The van der Waals surface area contributed by atoms with Gasteiger partial charge < -0.3 is 10.3 Å². The van der Waals surface area contributed by atoms with E-state index >= 15 is 0 Å². The van der Waals surface area contributed by atoms with Gasteiger partial charge in [0.1, 0.15) is 11.4 Å². The predicted octanol–water partition coefficient (Wildman–Crippen LogP) is 3.21. The molecule has 3 rings (SSSR count). The molecular formula is C17H12N4O2. The zero-order valence-corrected chi connectivity index (χ0v) is 12.3. The molecule has 0 atom stereocenters. The molecule has 6 nitrogen and oxygen atoms in total. The number of nitrogens with two attached hydrogens (primary N) is 1. The lowest BCUT2D eigenvalue weighted by Crippen LogP contribution is -2.14. The molecule has 1 amide bonds. The number of nitroso groups, excluding NO2 is 1. The highest BCUT2D eigenvalue weighted by Crippen LogP contribution is 2.33. The van der Waals surface area contributed by atoms with E-state index in [0.29, 0.717) is 16.9 Å². The highest BCUT2D eigenvalue weighted by molar-refractivity contribution is 6.03. The lowest BCUT2D eigenvalue weighted by molar-refractivity contribution is 0.0993. The van der Waals surface area contributed by atoms with Gasteiger partial charge in [-0.3, -0.25) is 4.79 Å². The fourth-order valence-corrected chi connectivity index (χ4v) is 2.73. The average molecular weight is 304 g/mol. The third kappa shape index (κ3) is 2.34. The Kier molecular flexibility index (Phi) is 3.39. The molecule has 0 fully saturated rings. The Balaban J connectivity index is 2.35. The molecule has 0 saturated heterocycles. The molecule has 0 radical (unpaired) electrons. The molecule has 23 heavy (non-hydrogen) atoms. The largest absolute Gasteiger partial charge is 0.364 e. The number of carbonyl (C=O) groups is 1. The number of hydrogen-bond donors (Lipinski definition) is 1. The molecule has 1 aromatic heterocycles. The van der Waals surface area contributed by atoms with E-state index in [1.165, 1.54) is 0 Å². The first-order valence-corrected chi connectivity index (χ1v) is 6.82. The van der Waals surface area contributed by atoms with Crippen molar-refractivity contribution in [1.29, 1.82) is 5.26 Å². The van der Waals surface area contributed by atoms with Gasteiger partial charge in [0.2, 0.25) is 0 Å². The number of aromatic nitrogens is 1. The monoisotopic (exact) mass is 304 g/mol. The Bertz CT molecular complexity index is 978. The van der Waals surface area contributed by atoms with Crippen LogP contribution in [0.1, 0.15) is 16.1 Å². The molecule has 1 heterocycles. The zero-order chi connectivity index (χ0) is 16.6. The summed E-state index contributed by atoms with van der Waals surface area (Å²) < 4.78 is 1.71. The van der Waals surface area contributed by atoms with Crippen LogP contribution < -0.4 is 5.73 Å². The van der Waals surface area contributed by atoms with E-state index in [0.717, 1.165) is 22.0 Å². The number of fused-ring (bicyclic) bond motifs is 1. The van der Waals surface area contributed by atoms with Gasteiger partial charge in [0.25, 0.3) is 5.91 Å². The van der Waals surface area contributed by atoms with Gasteiger partial charge in [-0.25, -0.2) is 0 Å². The van der Waals surface area contributed by atoms with Crippen molar-refractivity contribution in [3.05, 3.63) is 58.6 Å².